The molecular weight excluding hydrogens is 416 g/mol. The fourth-order valence-electron chi connectivity index (χ4n) is 6.76. The lowest BCUT2D eigenvalue weighted by Gasteiger charge is -2.57. The van der Waals surface area contributed by atoms with E-state index in [1.165, 1.54) is 11.0 Å². The smallest absolute Gasteiger partial charge is 0.274 e. The topological polar surface area (TPSA) is 80.5 Å². The first-order chi connectivity index (χ1) is 15.7. The summed E-state index contributed by atoms with van der Waals surface area (Å²) < 4.78 is 0. The molecule has 0 aromatic heterocycles. The summed E-state index contributed by atoms with van der Waals surface area (Å²) in [5.74, 6) is -1.75. The van der Waals surface area contributed by atoms with Crippen molar-refractivity contribution >= 4 is 23.2 Å². The zero-order valence-corrected chi connectivity index (χ0v) is 18.5. The van der Waals surface area contributed by atoms with Gasteiger partial charge in [0, 0.05) is 22.5 Å². The zero-order valence-electron chi connectivity index (χ0n) is 18.5. The molecule has 1 aliphatic heterocycles. The first-order valence-corrected chi connectivity index (χ1v) is 11.0. The quantitative estimate of drug-likeness (QED) is 0.331. The van der Waals surface area contributed by atoms with Gasteiger partial charge in [-0.25, -0.2) is 4.90 Å². The van der Waals surface area contributed by atoms with E-state index in [1.807, 2.05) is 24.3 Å². The van der Waals surface area contributed by atoms with Crippen molar-refractivity contribution in [2.45, 2.75) is 31.6 Å². The molecule has 0 N–H and O–H groups in total. The van der Waals surface area contributed by atoms with Gasteiger partial charge >= 0.3 is 0 Å². The Hall–Kier alpha value is -3.80. The highest BCUT2D eigenvalue weighted by Crippen LogP contribution is 2.66. The van der Waals surface area contributed by atoms with Gasteiger partial charge < -0.3 is 0 Å². The minimum atomic E-state index is -0.673. The summed E-state index contributed by atoms with van der Waals surface area (Å²) in [6.07, 6.45) is 0. The van der Waals surface area contributed by atoms with Gasteiger partial charge in [-0.1, -0.05) is 68.4 Å². The van der Waals surface area contributed by atoms with Crippen molar-refractivity contribution in [3.63, 3.8) is 0 Å². The van der Waals surface area contributed by atoms with E-state index in [0.29, 0.717) is 5.56 Å². The number of nitro benzene ring substituents is 1. The molecule has 1 heterocycles. The number of imide groups is 1. The van der Waals surface area contributed by atoms with Crippen molar-refractivity contribution < 1.29 is 14.5 Å². The SMILES string of the molecule is Cc1ccc(N2C(=O)[C@@H]3[C@H](C2=O)C2(C)c4ccccc4C3(C)c3ccccc32)cc1[N+](=O)[O-]. The van der Waals surface area contributed by atoms with Crippen LogP contribution in [0.5, 0.6) is 0 Å². The maximum atomic E-state index is 14.0. The summed E-state index contributed by atoms with van der Waals surface area (Å²) in [6, 6.07) is 20.8. The third-order valence-corrected chi connectivity index (χ3v) is 8.29. The van der Waals surface area contributed by atoms with E-state index in [-0.39, 0.29) is 23.2 Å². The second-order valence-corrected chi connectivity index (χ2v) is 9.69. The molecule has 3 aromatic rings. The second-order valence-electron chi connectivity index (χ2n) is 9.69. The van der Waals surface area contributed by atoms with Crippen LogP contribution in [-0.2, 0) is 20.4 Å². The number of rotatable bonds is 2. The summed E-state index contributed by atoms with van der Waals surface area (Å²) in [4.78, 5) is 40.3. The molecule has 0 spiro atoms. The number of nitro groups is 1. The number of hydrogen-bond acceptors (Lipinski definition) is 4. The lowest BCUT2D eigenvalue weighted by Crippen LogP contribution is -2.59. The summed E-state index contributed by atoms with van der Waals surface area (Å²) in [5, 5.41) is 11.5. The number of amides is 2. The van der Waals surface area contributed by atoms with Gasteiger partial charge in [0.15, 0.2) is 0 Å². The van der Waals surface area contributed by atoms with Gasteiger partial charge in [0.1, 0.15) is 0 Å². The Labute approximate surface area is 191 Å². The number of nitrogens with zero attached hydrogens (tertiary/aromatic N) is 2. The Balaban J connectivity index is 1.62. The number of benzene rings is 3. The van der Waals surface area contributed by atoms with Crippen LogP contribution in [0, 0.1) is 28.9 Å². The van der Waals surface area contributed by atoms with Crippen LogP contribution in [0.15, 0.2) is 66.7 Å². The predicted octanol–water partition coefficient (Wildman–Crippen LogP) is 4.65. The van der Waals surface area contributed by atoms with Gasteiger partial charge in [-0.2, -0.15) is 0 Å². The van der Waals surface area contributed by atoms with Gasteiger partial charge in [-0.3, -0.25) is 19.7 Å². The number of hydrogen-bond donors (Lipinski definition) is 0. The van der Waals surface area contributed by atoms with Crippen LogP contribution in [0.25, 0.3) is 0 Å². The third-order valence-electron chi connectivity index (χ3n) is 8.29. The lowest BCUT2D eigenvalue weighted by molar-refractivity contribution is -0.385. The molecule has 0 unspecified atom stereocenters. The number of aryl methyl sites for hydroxylation is 1. The highest BCUT2D eigenvalue weighted by atomic mass is 16.6. The number of carbonyl (C=O) groups excluding carboxylic acids is 2. The lowest BCUT2D eigenvalue weighted by atomic mass is 9.42. The highest BCUT2D eigenvalue weighted by Gasteiger charge is 2.70. The molecule has 3 aromatic carbocycles. The van der Waals surface area contributed by atoms with Crippen molar-refractivity contribution in [1.82, 2.24) is 0 Å². The molecule has 4 aliphatic rings. The standard InChI is InChI=1S/C27H22N2O4/c1-15-12-13-16(14-21(15)29(32)33)28-24(30)22-23(25(28)31)27(3)19-10-6-4-8-17(19)26(22,2)18-9-5-7-11-20(18)27/h4-14,22-23H,1-3H3/t22-,23+,26?,27?. The molecule has 33 heavy (non-hydrogen) atoms. The maximum Gasteiger partial charge on any atom is 0.274 e. The van der Waals surface area contributed by atoms with Crippen LogP contribution in [-0.4, -0.2) is 16.7 Å². The number of anilines is 1. The Morgan fingerprint density at radius 1 is 0.788 bits per heavy atom. The number of carbonyl (C=O) groups is 2. The molecule has 1 saturated heterocycles. The van der Waals surface area contributed by atoms with Crippen LogP contribution in [0.1, 0.15) is 41.7 Å². The van der Waals surface area contributed by atoms with Crippen LogP contribution in [0.3, 0.4) is 0 Å². The molecule has 6 heteroatoms. The first kappa shape index (κ1) is 19.9. The summed E-state index contributed by atoms with van der Waals surface area (Å²) in [5.41, 5.74) is 3.60. The summed E-state index contributed by atoms with van der Waals surface area (Å²) in [7, 11) is 0. The Kier molecular flexibility index (Phi) is 3.71. The predicted molar refractivity (Wildman–Crippen MR) is 123 cm³/mol. The summed E-state index contributed by atoms with van der Waals surface area (Å²) in [6.45, 7) is 5.77. The van der Waals surface area contributed by atoms with Crippen molar-refractivity contribution in [2.24, 2.45) is 11.8 Å². The van der Waals surface area contributed by atoms with E-state index < -0.39 is 27.6 Å². The van der Waals surface area contributed by atoms with Crippen molar-refractivity contribution in [3.05, 3.63) is 105 Å². The Morgan fingerprint density at radius 3 is 1.61 bits per heavy atom. The monoisotopic (exact) mass is 438 g/mol. The average molecular weight is 438 g/mol. The average Bonchev–Trinajstić information content (AvgIpc) is 3.09. The van der Waals surface area contributed by atoms with Crippen molar-refractivity contribution in [1.29, 1.82) is 0 Å². The Morgan fingerprint density at radius 2 is 1.21 bits per heavy atom. The van der Waals surface area contributed by atoms with E-state index in [2.05, 4.69) is 38.1 Å². The normalized spacial score (nSPS) is 29.0. The summed E-state index contributed by atoms with van der Waals surface area (Å²) >= 11 is 0. The molecular formula is C27H22N2O4. The van der Waals surface area contributed by atoms with E-state index in [1.54, 1.807) is 19.1 Å². The van der Waals surface area contributed by atoms with Crippen molar-refractivity contribution in [2.75, 3.05) is 4.90 Å². The van der Waals surface area contributed by atoms with E-state index in [0.717, 1.165) is 22.3 Å². The molecule has 2 amide bonds. The van der Waals surface area contributed by atoms with Crippen LogP contribution in [0.4, 0.5) is 11.4 Å². The van der Waals surface area contributed by atoms with E-state index in [9.17, 15) is 19.7 Å². The third kappa shape index (κ3) is 2.14. The molecule has 0 saturated carbocycles. The molecule has 6 nitrogen and oxygen atoms in total. The van der Waals surface area contributed by atoms with Crippen molar-refractivity contribution in [3.8, 4) is 0 Å². The molecule has 1 fully saturated rings. The molecule has 164 valence electrons. The van der Waals surface area contributed by atoms with Gasteiger partial charge in [0.25, 0.3) is 5.69 Å². The minimum Gasteiger partial charge on any atom is -0.274 e. The molecule has 7 rings (SSSR count). The van der Waals surface area contributed by atoms with Crippen LogP contribution >= 0.6 is 0 Å². The molecule has 3 aliphatic carbocycles. The van der Waals surface area contributed by atoms with Crippen LogP contribution < -0.4 is 4.90 Å². The van der Waals surface area contributed by atoms with E-state index in [4.69, 9.17) is 0 Å². The molecule has 2 atom stereocenters. The van der Waals surface area contributed by atoms with Gasteiger partial charge in [-0.05, 0) is 35.2 Å². The van der Waals surface area contributed by atoms with Gasteiger partial charge in [-0.15, -0.1) is 0 Å². The molecule has 2 bridgehead atoms. The fraction of sp³-hybridized carbons (Fsp3) is 0.259. The minimum absolute atomic E-state index is 0.102. The highest BCUT2D eigenvalue weighted by molar-refractivity contribution is 6.24. The zero-order chi connectivity index (χ0) is 23.3. The van der Waals surface area contributed by atoms with Gasteiger partial charge in [0.05, 0.1) is 22.4 Å². The van der Waals surface area contributed by atoms with Crippen LogP contribution in [0.2, 0.25) is 0 Å². The Bertz CT molecular complexity index is 1290. The molecule has 0 radical (unpaired) electrons. The fourth-order valence-corrected chi connectivity index (χ4v) is 6.76. The second kappa shape index (κ2) is 6.16. The largest absolute Gasteiger partial charge is 0.274 e. The first-order valence-electron chi connectivity index (χ1n) is 11.0. The van der Waals surface area contributed by atoms with Gasteiger partial charge in [0.2, 0.25) is 11.8 Å². The maximum absolute atomic E-state index is 14.0. The van der Waals surface area contributed by atoms with E-state index >= 15 is 0 Å².